The van der Waals surface area contributed by atoms with Gasteiger partial charge in [-0.1, -0.05) is 17.7 Å². The Bertz CT molecular complexity index is 664. The van der Waals surface area contributed by atoms with E-state index >= 15 is 0 Å². The van der Waals surface area contributed by atoms with Gasteiger partial charge in [-0.2, -0.15) is 5.10 Å². The number of carbonyl (C=O) groups is 1. The molecule has 0 aliphatic rings. The van der Waals surface area contributed by atoms with Gasteiger partial charge in [-0.25, -0.2) is 4.79 Å². The fourth-order valence-electron chi connectivity index (χ4n) is 1.98. The summed E-state index contributed by atoms with van der Waals surface area (Å²) in [4.78, 5) is 10.5. The maximum absolute atomic E-state index is 10.5. The molecule has 2 rings (SSSR count). The summed E-state index contributed by atoms with van der Waals surface area (Å²) in [5, 5.41) is 15.0. The fourth-order valence-corrected chi connectivity index (χ4v) is 1.98. The Morgan fingerprint density at radius 1 is 1.17 bits per heavy atom. The van der Waals surface area contributed by atoms with Crippen molar-refractivity contribution in [3.05, 3.63) is 59.7 Å². The summed E-state index contributed by atoms with van der Waals surface area (Å²) in [6, 6.07) is 15.3. The first-order valence-corrected chi connectivity index (χ1v) is 7.41. The second-order valence-corrected chi connectivity index (χ2v) is 5.05. The van der Waals surface area contributed by atoms with Crippen LogP contribution in [-0.4, -0.2) is 30.4 Å². The van der Waals surface area contributed by atoms with E-state index < -0.39 is 5.97 Å². The Morgan fingerprint density at radius 3 is 2.39 bits per heavy atom. The molecule has 0 aliphatic heterocycles. The molecule has 5 heteroatoms. The molecular formula is C18H20N2O3. The van der Waals surface area contributed by atoms with Gasteiger partial charge >= 0.3 is 5.97 Å². The zero-order valence-corrected chi connectivity index (χ0v) is 13.3. The molecule has 1 N–H and O–H groups in total. The molecule has 0 fully saturated rings. The highest BCUT2D eigenvalue weighted by atomic mass is 16.5. The van der Waals surface area contributed by atoms with Gasteiger partial charge in [-0.15, -0.1) is 0 Å². The lowest BCUT2D eigenvalue weighted by molar-refractivity contribution is -0.139. The summed E-state index contributed by atoms with van der Waals surface area (Å²) in [6.45, 7) is 4.52. The Hall–Kier alpha value is -2.82. The first-order chi connectivity index (χ1) is 11.1. The van der Waals surface area contributed by atoms with E-state index in [1.165, 1.54) is 5.56 Å². The van der Waals surface area contributed by atoms with Crippen molar-refractivity contribution >= 4 is 17.9 Å². The van der Waals surface area contributed by atoms with Crippen LogP contribution >= 0.6 is 0 Å². The van der Waals surface area contributed by atoms with Crippen molar-refractivity contribution in [3.8, 4) is 5.75 Å². The molecule has 0 aromatic heterocycles. The third-order valence-electron chi connectivity index (χ3n) is 3.22. The van der Waals surface area contributed by atoms with Crippen LogP contribution in [0.15, 0.2) is 53.6 Å². The molecule has 120 valence electrons. The van der Waals surface area contributed by atoms with Crippen LogP contribution in [0.2, 0.25) is 0 Å². The van der Waals surface area contributed by atoms with Gasteiger partial charge in [0.25, 0.3) is 0 Å². The number of carboxylic acids is 1. The van der Waals surface area contributed by atoms with Crippen molar-refractivity contribution in [2.75, 3.05) is 18.2 Å². The van der Waals surface area contributed by atoms with Crippen LogP contribution in [0, 0.1) is 6.92 Å². The van der Waals surface area contributed by atoms with E-state index in [2.05, 4.69) is 24.2 Å². The molecule has 0 spiro atoms. The number of hydrogen-bond donors (Lipinski definition) is 1. The molecule has 2 aromatic carbocycles. The predicted octanol–water partition coefficient (Wildman–Crippen LogP) is 3.32. The SMILES string of the molecule is CCN(N=Cc1ccc(OCC(=O)O)cc1)c1ccc(C)cc1. The molecule has 0 aliphatic carbocycles. The summed E-state index contributed by atoms with van der Waals surface area (Å²) in [6.07, 6.45) is 1.77. The normalized spacial score (nSPS) is 10.7. The van der Waals surface area contributed by atoms with E-state index in [0.29, 0.717) is 5.75 Å². The molecule has 2 aromatic rings. The summed E-state index contributed by atoms with van der Waals surface area (Å²) >= 11 is 0. The van der Waals surface area contributed by atoms with Gasteiger partial charge in [0.05, 0.1) is 11.9 Å². The standard InChI is InChI=1S/C18H20N2O3/c1-3-20(16-8-4-14(2)5-9-16)19-12-15-6-10-17(11-7-15)23-13-18(21)22/h4-12H,3,13H2,1-2H3,(H,21,22). The lowest BCUT2D eigenvalue weighted by Crippen LogP contribution is -2.15. The zero-order chi connectivity index (χ0) is 16.7. The smallest absolute Gasteiger partial charge is 0.341 e. The number of aryl methyl sites for hydroxylation is 1. The van der Waals surface area contributed by atoms with Crippen molar-refractivity contribution < 1.29 is 14.6 Å². The van der Waals surface area contributed by atoms with Gasteiger partial charge < -0.3 is 9.84 Å². The summed E-state index contributed by atoms with van der Waals surface area (Å²) in [7, 11) is 0. The van der Waals surface area contributed by atoms with Crippen molar-refractivity contribution in [2.45, 2.75) is 13.8 Å². The number of rotatable bonds is 7. The molecule has 0 heterocycles. The van der Waals surface area contributed by atoms with Gasteiger partial charge in [-0.3, -0.25) is 5.01 Å². The maximum Gasteiger partial charge on any atom is 0.341 e. The van der Waals surface area contributed by atoms with Crippen LogP contribution in [0.1, 0.15) is 18.1 Å². The summed E-state index contributed by atoms with van der Waals surface area (Å²) < 4.78 is 5.10. The van der Waals surface area contributed by atoms with Crippen LogP contribution in [-0.2, 0) is 4.79 Å². The van der Waals surface area contributed by atoms with Crippen LogP contribution in [0.3, 0.4) is 0 Å². The van der Waals surface area contributed by atoms with Gasteiger partial charge in [0, 0.05) is 6.54 Å². The first kappa shape index (κ1) is 16.5. The van der Waals surface area contributed by atoms with E-state index in [1.807, 2.05) is 36.2 Å². The lowest BCUT2D eigenvalue weighted by atomic mass is 10.2. The first-order valence-electron chi connectivity index (χ1n) is 7.41. The quantitative estimate of drug-likeness (QED) is 0.629. The minimum Gasteiger partial charge on any atom is -0.482 e. The minimum atomic E-state index is -0.993. The Morgan fingerprint density at radius 2 is 1.83 bits per heavy atom. The van der Waals surface area contributed by atoms with Crippen molar-refractivity contribution in [2.24, 2.45) is 5.10 Å². The van der Waals surface area contributed by atoms with Crippen LogP contribution in [0.5, 0.6) is 5.75 Å². The highest BCUT2D eigenvalue weighted by Crippen LogP contribution is 2.16. The monoisotopic (exact) mass is 312 g/mol. The van der Waals surface area contributed by atoms with Crippen molar-refractivity contribution in [1.29, 1.82) is 0 Å². The minimum absolute atomic E-state index is 0.343. The summed E-state index contributed by atoms with van der Waals surface area (Å²) in [5.74, 6) is -0.470. The van der Waals surface area contributed by atoms with E-state index in [4.69, 9.17) is 9.84 Å². The molecular weight excluding hydrogens is 292 g/mol. The topological polar surface area (TPSA) is 62.1 Å². The van der Waals surface area contributed by atoms with E-state index in [1.54, 1.807) is 18.3 Å². The van der Waals surface area contributed by atoms with E-state index in [0.717, 1.165) is 17.8 Å². The van der Waals surface area contributed by atoms with Crippen LogP contribution in [0.4, 0.5) is 5.69 Å². The number of carboxylic acid groups (broad SMARTS) is 1. The average Bonchev–Trinajstić information content (AvgIpc) is 2.56. The molecule has 0 unspecified atom stereocenters. The second-order valence-electron chi connectivity index (χ2n) is 5.05. The van der Waals surface area contributed by atoms with Gasteiger partial charge in [0.15, 0.2) is 6.61 Å². The number of hydrazone groups is 1. The molecule has 0 atom stereocenters. The van der Waals surface area contributed by atoms with E-state index in [9.17, 15) is 4.79 Å². The van der Waals surface area contributed by atoms with Gasteiger partial charge in [-0.05, 0) is 55.8 Å². The van der Waals surface area contributed by atoms with Crippen LogP contribution < -0.4 is 9.75 Å². The highest BCUT2D eigenvalue weighted by Gasteiger charge is 2.02. The lowest BCUT2D eigenvalue weighted by Gasteiger charge is -2.16. The number of hydrogen-bond acceptors (Lipinski definition) is 4. The fraction of sp³-hybridized carbons (Fsp3) is 0.222. The molecule has 23 heavy (non-hydrogen) atoms. The molecule has 0 saturated carbocycles. The third kappa shape index (κ3) is 5.14. The zero-order valence-electron chi connectivity index (χ0n) is 13.3. The number of anilines is 1. The molecule has 0 saturated heterocycles. The molecule has 0 radical (unpaired) electrons. The Labute approximate surface area is 135 Å². The summed E-state index contributed by atoms with van der Waals surface area (Å²) in [5.41, 5.74) is 3.17. The van der Waals surface area contributed by atoms with Crippen molar-refractivity contribution in [3.63, 3.8) is 0 Å². The number of benzene rings is 2. The Kier molecular flexibility index (Phi) is 5.74. The molecule has 5 nitrogen and oxygen atoms in total. The highest BCUT2D eigenvalue weighted by molar-refractivity contribution is 5.80. The van der Waals surface area contributed by atoms with Crippen molar-refractivity contribution in [1.82, 2.24) is 0 Å². The second kappa shape index (κ2) is 7.98. The third-order valence-corrected chi connectivity index (χ3v) is 3.22. The molecule has 0 amide bonds. The number of ether oxygens (including phenoxy) is 1. The maximum atomic E-state index is 10.5. The Balaban J connectivity index is 2.02. The number of nitrogens with zero attached hydrogens (tertiary/aromatic N) is 2. The predicted molar refractivity (Wildman–Crippen MR) is 91.4 cm³/mol. The number of aliphatic carboxylic acids is 1. The largest absolute Gasteiger partial charge is 0.482 e. The molecule has 0 bridgehead atoms. The average molecular weight is 312 g/mol. The van der Waals surface area contributed by atoms with Gasteiger partial charge in [0.2, 0.25) is 0 Å². The van der Waals surface area contributed by atoms with Gasteiger partial charge in [0.1, 0.15) is 5.75 Å². The van der Waals surface area contributed by atoms with E-state index in [-0.39, 0.29) is 6.61 Å². The van der Waals surface area contributed by atoms with Crippen LogP contribution in [0.25, 0.3) is 0 Å².